The van der Waals surface area contributed by atoms with Gasteiger partial charge >= 0.3 is 6.43 Å². The van der Waals surface area contributed by atoms with Crippen LogP contribution < -0.4 is 4.31 Å². The second-order valence-corrected chi connectivity index (χ2v) is 9.19. The lowest BCUT2D eigenvalue weighted by Gasteiger charge is -2.38. The second kappa shape index (κ2) is 10.6. The zero-order valence-electron chi connectivity index (χ0n) is 18.5. The van der Waals surface area contributed by atoms with Crippen LogP contribution in [0.2, 0.25) is 0 Å². The van der Waals surface area contributed by atoms with E-state index in [9.17, 15) is 8.78 Å². The summed E-state index contributed by atoms with van der Waals surface area (Å²) in [6, 6.07) is 14.8. The van der Waals surface area contributed by atoms with E-state index in [0.717, 1.165) is 31.9 Å². The van der Waals surface area contributed by atoms with E-state index in [0.29, 0.717) is 18.2 Å². The number of para-hydroxylation sites is 1. The maximum absolute atomic E-state index is 15.0. The van der Waals surface area contributed by atoms with Crippen molar-refractivity contribution in [2.24, 2.45) is 0 Å². The third-order valence-electron chi connectivity index (χ3n) is 5.50. The lowest BCUT2D eigenvalue weighted by molar-refractivity contribution is 0.116. The molecule has 1 fully saturated rings. The van der Waals surface area contributed by atoms with Crippen LogP contribution in [0.15, 0.2) is 52.9 Å². The number of hydrogen-bond acceptors (Lipinski definition) is 7. The third kappa shape index (κ3) is 5.87. The average Bonchev–Trinajstić information content (AvgIpc) is 3.31. The molecule has 0 N–H and O–H groups in total. The van der Waals surface area contributed by atoms with Gasteiger partial charge in [-0.05, 0) is 38.1 Å². The lowest BCUT2D eigenvalue weighted by Crippen LogP contribution is -2.47. The van der Waals surface area contributed by atoms with E-state index in [1.807, 2.05) is 30.3 Å². The first-order valence-corrected chi connectivity index (χ1v) is 11.5. The molecule has 0 spiro atoms. The summed E-state index contributed by atoms with van der Waals surface area (Å²) in [4.78, 5) is 2.44. The van der Waals surface area contributed by atoms with Crippen LogP contribution >= 0.6 is 12.1 Å². The van der Waals surface area contributed by atoms with Gasteiger partial charge in [-0.25, -0.2) is 8.70 Å². The maximum Gasteiger partial charge on any atom is 0.314 e. The molecule has 0 atom stereocenters. The molecular weight excluding hydrogens is 451 g/mol. The Morgan fingerprint density at radius 1 is 1.03 bits per heavy atom. The first kappa shape index (κ1) is 23.6. The molecule has 0 amide bonds. The molecule has 0 saturated carbocycles. The molecule has 2 heterocycles. The molecule has 1 aliphatic rings. The zero-order valence-corrected chi connectivity index (χ0v) is 19.3. The number of piperazine rings is 1. The molecule has 1 aromatic heterocycles. The topological polar surface area (TPSA) is 48.6 Å². The van der Waals surface area contributed by atoms with Crippen molar-refractivity contribution in [1.82, 2.24) is 19.4 Å². The van der Waals surface area contributed by atoms with Crippen molar-refractivity contribution >= 4 is 17.8 Å². The molecule has 2 aromatic carbocycles. The van der Waals surface area contributed by atoms with E-state index in [2.05, 4.69) is 37.6 Å². The summed E-state index contributed by atoms with van der Waals surface area (Å²) < 4.78 is 49.7. The molecule has 1 saturated heterocycles. The van der Waals surface area contributed by atoms with Gasteiger partial charge in [-0.1, -0.05) is 24.3 Å². The Bertz CT molecular complexity index is 1040. The van der Waals surface area contributed by atoms with E-state index in [1.165, 1.54) is 6.07 Å². The molecule has 0 aliphatic carbocycles. The summed E-state index contributed by atoms with van der Waals surface area (Å²) in [7, 11) is 0. The largest absolute Gasteiger partial charge is 0.415 e. The quantitative estimate of drug-likeness (QED) is 0.402. The Labute approximate surface area is 195 Å². The van der Waals surface area contributed by atoms with Crippen LogP contribution in [-0.4, -0.2) is 51.6 Å². The van der Waals surface area contributed by atoms with Crippen LogP contribution in [0.3, 0.4) is 0 Å². The van der Waals surface area contributed by atoms with Crippen LogP contribution in [-0.2, 0) is 6.54 Å². The van der Waals surface area contributed by atoms with Crippen LogP contribution in [0.1, 0.15) is 31.7 Å². The van der Waals surface area contributed by atoms with Crippen molar-refractivity contribution in [3.63, 3.8) is 0 Å². The number of benzene rings is 2. The normalized spacial score (nSPS) is 15.5. The summed E-state index contributed by atoms with van der Waals surface area (Å²) in [6.07, 6.45) is -2.87. The fraction of sp³-hybridized carbons (Fsp3) is 0.391. The summed E-state index contributed by atoms with van der Waals surface area (Å²) in [5.41, 5.74) is 1.71. The highest BCUT2D eigenvalue weighted by atomic mass is 32.2. The van der Waals surface area contributed by atoms with E-state index in [4.69, 9.17) is 4.42 Å². The predicted molar refractivity (Wildman–Crippen MR) is 123 cm³/mol. The average molecular weight is 478 g/mol. The van der Waals surface area contributed by atoms with Gasteiger partial charge in [-0.15, -0.1) is 10.2 Å². The highest BCUT2D eigenvalue weighted by Crippen LogP contribution is 2.30. The summed E-state index contributed by atoms with van der Waals surface area (Å²) in [6.45, 7) is 8.54. The number of hydrogen-bond donors (Lipinski definition) is 0. The number of anilines is 1. The van der Waals surface area contributed by atoms with Crippen molar-refractivity contribution in [3.05, 3.63) is 65.8 Å². The Kier molecular flexibility index (Phi) is 7.56. The van der Waals surface area contributed by atoms with Crippen LogP contribution in [0.5, 0.6) is 0 Å². The molecule has 0 bridgehead atoms. The third-order valence-corrected chi connectivity index (χ3v) is 6.64. The van der Waals surface area contributed by atoms with Gasteiger partial charge in [-0.3, -0.25) is 9.21 Å². The first-order chi connectivity index (χ1) is 15.9. The van der Waals surface area contributed by atoms with Crippen LogP contribution in [0.4, 0.5) is 18.9 Å². The van der Waals surface area contributed by atoms with Crippen molar-refractivity contribution < 1.29 is 17.6 Å². The molecule has 176 valence electrons. The zero-order chi connectivity index (χ0) is 23.4. The van der Waals surface area contributed by atoms with Crippen molar-refractivity contribution in [2.45, 2.75) is 32.9 Å². The lowest BCUT2D eigenvalue weighted by atomic mass is 10.1. The molecular formula is C23H26F3N5OS. The Hall–Kier alpha value is -2.56. The molecule has 6 nitrogen and oxygen atoms in total. The maximum atomic E-state index is 15.0. The minimum absolute atomic E-state index is 0.131. The molecule has 10 heteroatoms. The number of alkyl halides is 2. The first-order valence-electron chi connectivity index (χ1n) is 10.8. The van der Waals surface area contributed by atoms with Gasteiger partial charge in [0.15, 0.2) is 0 Å². The molecule has 33 heavy (non-hydrogen) atoms. The van der Waals surface area contributed by atoms with Crippen molar-refractivity contribution in [1.29, 1.82) is 0 Å². The van der Waals surface area contributed by atoms with E-state index in [-0.39, 0.29) is 11.5 Å². The minimum atomic E-state index is -2.87. The van der Waals surface area contributed by atoms with E-state index in [1.54, 1.807) is 24.3 Å². The summed E-state index contributed by atoms with van der Waals surface area (Å²) in [5, 5.41) is 6.90. The number of halogens is 3. The minimum Gasteiger partial charge on any atom is -0.415 e. The van der Waals surface area contributed by atoms with E-state index >= 15 is 4.39 Å². The molecule has 0 unspecified atom stereocenters. The highest BCUT2D eigenvalue weighted by Gasteiger charge is 2.23. The second-order valence-electron chi connectivity index (χ2n) is 8.06. The van der Waals surface area contributed by atoms with Crippen LogP contribution in [0, 0.1) is 5.82 Å². The van der Waals surface area contributed by atoms with Crippen LogP contribution in [0.25, 0.3) is 11.5 Å². The number of rotatable bonds is 8. The standard InChI is InChI=1S/C23H26F3N5OS/c1-16(2)29-10-12-30(13-11-29)33-31(19-6-4-3-5-7-19)15-18-9-8-17(14-20(18)24)22-27-28-23(32-22)21(25)26/h3-9,14,16,21H,10-13,15H2,1-2H3. The van der Waals surface area contributed by atoms with Gasteiger partial charge < -0.3 is 4.42 Å². The van der Waals surface area contributed by atoms with Crippen molar-refractivity contribution in [2.75, 3.05) is 30.5 Å². The van der Waals surface area contributed by atoms with Gasteiger partial charge in [0.1, 0.15) is 5.82 Å². The van der Waals surface area contributed by atoms with Gasteiger partial charge in [0.2, 0.25) is 5.89 Å². The Morgan fingerprint density at radius 2 is 1.76 bits per heavy atom. The molecule has 3 aromatic rings. The van der Waals surface area contributed by atoms with Gasteiger partial charge in [-0.2, -0.15) is 8.78 Å². The monoisotopic (exact) mass is 477 g/mol. The Balaban J connectivity index is 1.50. The van der Waals surface area contributed by atoms with Gasteiger partial charge in [0, 0.05) is 61.2 Å². The van der Waals surface area contributed by atoms with Gasteiger partial charge in [0.25, 0.3) is 5.89 Å². The molecule has 0 radical (unpaired) electrons. The summed E-state index contributed by atoms with van der Waals surface area (Å²) >= 11 is 1.59. The molecule has 4 rings (SSSR count). The fourth-order valence-corrected chi connectivity index (χ4v) is 4.62. The Morgan fingerprint density at radius 3 is 2.36 bits per heavy atom. The molecule has 1 aliphatic heterocycles. The summed E-state index contributed by atoms with van der Waals surface area (Å²) in [5.74, 6) is -1.37. The number of aromatic nitrogens is 2. The van der Waals surface area contributed by atoms with Crippen molar-refractivity contribution in [3.8, 4) is 11.5 Å². The predicted octanol–water partition coefficient (Wildman–Crippen LogP) is 5.41. The SMILES string of the molecule is CC(C)N1CCN(SN(Cc2ccc(-c3nnc(C(F)F)o3)cc2F)c2ccccc2)CC1. The fourth-order valence-electron chi connectivity index (χ4n) is 3.61. The smallest absolute Gasteiger partial charge is 0.314 e. The van der Waals surface area contributed by atoms with Gasteiger partial charge in [0.05, 0.1) is 6.54 Å². The van der Waals surface area contributed by atoms with E-state index < -0.39 is 18.1 Å². The number of nitrogens with zero attached hydrogens (tertiary/aromatic N) is 5. The highest BCUT2D eigenvalue weighted by molar-refractivity contribution is 7.98.